The molecule has 0 saturated heterocycles. The van der Waals surface area contributed by atoms with Crippen molar-refractivity contribution in [3.63, 3.8) is 0 Å². The lowest BCUT2D eigenvalue weighted by Crippen LogP contribution is -2.10. The second kappa shape index (κ2) is 9.97. The molecule has 2 rings (SSSR count). The molecule has 0 N–H and O–H groups in total. The van der Waals surface area contributed by atoms with Gasteiger partial charge in [-0.2, -0.15) is 0 Å². The van der Waals surface area contributed by atoms with Crippen LogP contribution < -0.4 is 4.74 Å². The largest absolute Gasteiger partial charge is 0.422 e. The van der Waals surface area contributed by atoms with E-state index in [9.17, 15) is 4.79 Å². The van der Waals surface area contributed by atoms with Gasteiger partial charge >= 0.3 is 5.97 Å². The van der Waals surface area contributed by atoms with E-state index in [-0.39, 0.29) is 17.9 Å². The van der Waals surface area contributed by atoms with Gasteiger partial charge in [-0.1, -0.05) is 72.4 Å². The third-order valence-corrected chi connectivity index (χ3v) is 5.04. The molecular weight excluding hydrogens is 497 g/mol. The summed E-state index contributed by atoms with van der Waals surface area (Å²) in [5.74, 6) is -0.287. The van der Waals surface area contributed by atoms with E-state index in [1.165, 1.54) is 6.21 Å². The molecule has 0 fully saturated rings. The molecule has 0 radical (unpaired) electrons. The molecule has 0 aromatic heterocycles. The summed E-state index contributed by atoms with van der Waals surface area (Å²) in [6.45, 7) is 0.247. The van der Waals surface area contributed by atoms with Crippen LogP contribution in [0.25, 0.3) is 0 Å². The molecule has 0 heterocycles. The number of benzene rings is 2. The number of nitrogens with zero attached hydrogens (tertiary/aromatic N) is 1. The molecule has 25 heavy (non-hydrogen) atoms. The van der Waals surface area contributed by atoms with Gasteiger partial charge in [-0.25, -0.2) is 4.79 Å². The van der Waals surface area contributed by atoms with Gasteiger partial charge in [0.15, 0.2) is 0 Å². The number of rotatable bonds is 6. The minimum absolute atomic E-state index is 0.247. The van der Waals surface area contributed by atoms with Crippen molar-refractivity contribution in [2.24, 2.45) is 5.16 Å². The third-order valence-electron chi connectivity index (χ3n) is 2.86. The molecule has 8 heteroatoms. The summed E-state index contributed by atoms with van der Waals surface area (Å²) in [7, 11) is 0. The fraction of sp³-hybridized carbons (Fsp3) is 0.0588. The van der Waals surface area contributed by atoms with E-state index >= 15 is 0 Å². The van der Waals surface area contributed by atoms with Crippen molar-refractivity contribution in [3.8, 4) is 5.75 Å². The average Bonchev–Trinajstić information content (AvgIpc) is 2.60. The lowest BCUT2D eigenvalue weighted by molar-refractivity contribution is 0.0734. The Morgan fingerprint density at radius 3 is 2.68 bits per heavy atom. The first-order valence-corrected chi connectivity index (χ1v) is 9.34. The van der Waals surface area contributed by atoms with Crippen molar-refractivity contribution >= 4 is 67.2 Å². The number of carbonyl (C=O) groups excluding carboxylic acids is 1. The van der Waals surface area contributed by atoms with Crippen molar-refractivity contribution in [1.29, 1.82) is 0 Å². The molecular formula is C17H11Br2Cl2NO3. The van der Waals surface area contributed by atoms with Gasteiger partial charge in [0.2, 0.25) is 0 Å². The molecule has 2 aromatic rings. The summed E-state index contributed by atoms with van der Waals surface area (Å²) < 4.78 is 6.19. The molecule has 0 aliphatic heterocycles. The Hall–Kier alpha value is -1.34. The number of esters is 1. The lowest BCUT2D eigenvalue weighted by atomic mass is 10.2. The molecule has 0 aliphatic carbocycles. The normalized spacial score (nSPS) is 11.6. The highest BCUT2D eigenvalue weighted by Gasteiger charge is 2.14. The fourth-order valence-electron chi connectivity index (χ4n) is 1.72. The molecule has 0 saturated carbocycles. The maximum absolute atomic E-state index is 12.3. The van der Waals surface area contributed by atoms with Crippen LogP contribution in [0.5, 0.6) is 5.75 Å². The Labute approximate surface area is 171 Å². The predicted octanol–water partition coefficient (Wildman–Crippen LogP) is 6.19. The van der Waals surface area contributed by atoms with Crippen LogP contribution in [-0.4, -0.2) is 18.8 Å². The van der Waals surface area contributed by atoms with E-state index in [2.05, 4.69) is 37.0 Å². The van der Waals surface area contributed by atoms with E-state index in [1.54, 1.807) is 47.4 Å². The van der Waals surface area contributed by atoms with Crippen molar-refractivity contribution in [1.82, 2.24) is 0 Å². The molecule has 130 valence electrons. The van der Waals surface area contributed by atoms with E-state index in [0.29, 0.717) is 15.6 Å². The zero-order valence-corrected chi connectivity index (χ0v) is 17.3. The molecule has 0 aliphatic rings. The van der Waals surface area contributed by atoms with E-state index in [0.717, 1.165) is 4.48 Å². The number of carbonyl (C=O) groups is 1. The summed E-state index contributed by atoms with van der Waals surface area (Å²) >= 11 is 18.4. The summed E-state index contributed by atoms with van der Waals surface area (Å²) in [6.07, 6.45) is 1.41. The lowest BCUT2D eigenvalue weighted by Gasteiger charge is -2.08. The second-order valence-corrected chi connectivity index (χ2v) is 6.94. The van der Waals surface area contributed by atoms with E-state index in [4.69, 9.17) is 32.8 Å². The molecule has 4 nitrogen and oxygen atoms in total. The Kier molecular flexibility index (Phi) is 7.96. The van der Waals surface area contributed by atoms with Crippen LogP contribution in [0.2, 0.25) is 10.0 Å². The topological polar surface area (TPSA) is 47.9 Å². The highest BCUT2D eigenvalue weighted by molar-refractivity contribution is 9.14. The smallest absolute Gasteiger partial charge is 0.345 e. The summed E-state index contributed by atoms with van der Waals surface area (Å²) in [6, 6.07) is 11.4. The van der Waals surface area contributed by atoms with Gasteiger partial charge in [0.05, 0.1) is 16.8 Å². The van der Waals surface area contributed by atoms with Crippen molar-refractivity contribution in [2.45, 2.75) is 0 Å². The van der Waals surface area contributed by atoms with Crippen LogP contribution in [0.4, 0.5) is 0 Å². The Morgan fingerprint density at radius 1 is 1.20 bits per heavy atom. The molecule has 0 spiro atoms. The predicted molar refractivity (Wildman–Crippen MR) is 107 cm³/mol. The Bertz CT molecular complexity index is 825. The maximum Gasteiger partial charge on any atom is 0.345 e. The average molecular weight is 508 g/mol. The number of ether oxygens (including phenoxy) is 1. The fourth-order valence-corrected chi connectivity index (χ4v) is 2.35. The zero-order valence-electron chi connectivity index (χ0n) is 12.6. The number of hydrogen-bond donors (Lipinski definition) is 0. The first-order valence-electron chi connectivity index (χ1n) is 6.87. The van der Waals surface area contributed by atoms with E-state index in [1.807, 2.05) is 0 Å². The van der Waals surface area contributed by atoms with Crippen molar-refractivity contribution < 1.29 is 14.4 Å². The van der Waals surface area contributed by atoms with Gasteiger partial charge in [-0.15, -0.1) is 0 Å². The van der Waals surface area contributed by atoms with Crippen LogP contribution >= 0.6 is 55.1 Å². The SMILES string of the molecule is O=C(Oc1ccc(Cl)cc1/C=N\OC/C(Br)=C\Br)c1ccccc1Cl. The first kappa shape index (κ1) is 20.0. The minimum atomic E-state index is -0.576. The van der Waals surface area contributed by atoms with Gasteiger partial charge in [-0.05, 0) is 35.3 Å². The first-order chi connectivity index (χ1) is 12.0. The monoisotopic (exact) mass is 505 g/mol. The second-order valence-electron chi connectivity index (χ2n) is 4.62. The number of halogens is 4. The minimum Gasteiger partial charge on any atom is -0.422 e. The van der Waals surface area contributed by atoms with Crippen LogP contribution in [0.3, 0.4) is 0 Å². The maximum atomic E-state index is 12.3. The van der Waals surface area contributed by atoms with Crippen LogP contribution in [0, 0.1) is 0 Å². The summed E-state index contributed by atoms with van der Waals surface area (Å²) in [4.78, 5) is 19.1. The molecule has 0 amide bonds. The zero-order chi connectivity index (χ0) is 18.2. The molecule has 0 bridgehead atoms. The summed E-state index contributed by atoms with van der Waals surface area (Å²) in [5.41, 5.74) is 0.761. The Morgan fingerprint density at radius 2 is 1.96 bits per heavy atom. The standard InChI is InChI=1S/C17H11Br2Cl2NO3/c18-8-12(19)10-24-22-9-11-7-13(20)5-6-16(11)25-17(23)14-3-1-2-4-15(14)21/h1-9H,10H2/b12-8+,22-9-. The van der Waals surface area contributed by atoms with Crippen LogP contribution in [0.1, 0.15) is 15.9 Å². The Balaban J connectivity index is 2.17. The molecule has 0 atom stereocenters. The number of oxime groups is 1. The van der Waals surface area contributed by atoms with Crippen LogP contribution in [-0.2, 0) is 4.84 Å². The van der Waals surface area contributed by atoms with Gasteiger partial charge in [0.1, 0.15) is 12.4 Å². The highest BCUT2D eigenvalue weighted by Crippen LogP contribution is 2.24. The van der Waals surface area contributed by atoms with E-state index < -0.39 is 5.97 Å². The van der Waals surface area contributed by atoms with Crippen molar-refractivity contribution in [2.75, 3.05) is 6.61 Å². The van der Waals surface area contributed by atoms with Crippen molar-refractivity contribution in [3.05, 3.63) is 73.1 Å². The molecule has 2 aromatic carbocycles. The summed E-state index contributed by atoms with van der Waals surface area (Å²) in [5, 5.41) is 4.62. The van der Waals surface area contributed by atoms with Gasteiger partial charge in [0, 0.05) is 15.1 Å². The third kappa shape index (κ3) is 6.15. The quantitative estimate of drug-likeness (QED) is 0.202. The van der Waals surface area contributed by atoms with Gasteiger partial charge in [0.25, 0.3) is 0 Å². The van der Waals surface area contributed by atoms with Gasteiger partial charge < -0.3 is 9.57 Å². The van der Waals surface area contributed by atoms with Crippen LogP contribution in [0.15, 0.2) is 57.1 Å². The van der Waals surface area contributed by atoms with Gasteiger partial charge in [-0.3, -0.25) is 0 Å². The highest BCUT2D eigenvalue weighted by atomic mass is 79.9. The molecule has 0 unspecified atom stereocenters. The number of hydrogen-bond acceptors (Lipinski definition) is 4.